The third-order valence-corrected chi connectivity index (χ3v) is 9.48. The van der Waals surface area contributed by atoms with E-state index in [9.17, 15) is 13.2 Å². The van der Waals surface area contributed by atoms with E-state index in [0.717, 1.165) is 49.0 Å². The van der Waals surface area contributed by atoms with Crippen LogP contribution in [0.5, 0.6) is 0 Å². The van der Waals surface area contributed by atoms with Gasteiger partial charge in [0.1, 0.15) is 6.04 Å². The number of aryl methyl sites for hydroxylation is 1. The Bertz CT molecular complexity index is 842. The zero-order valence-corrected chi connectivity index (χ0v) is 17.4. The lowest BCUT2D eigenvalue weighted by Gasteiger charge is -2.57. The summed E-state index contributed by atoms with van der Waals surface area (Å²) in [6.45, 7) is 2.36. The van der Waals surface area contributed by atoms with Gasteiger partial charge in [-0.15, -0.1) is 0 Å². The molecule has 1 aliphatic heterocycles. The molecule has 1 aromatic carbocycles. The molecule has 4 saturated carbocycles. The molecule has 6 heteroatoms. The molecule has 4 bridgehead atoms. The number of amides is 1. The highest BCUT2D eigenvalue weighted by molar-refractivity contribution is 7.89. The number of rotatable bonds is 4. The first-order chi connectivity index (χ1) is 13.3. The fourth-order valence-electron chi connectivity index (χ4n) is 6.74. The summed E-state index contributed by atoms with van der Waals surface area (Å²) in [5, 5.41) is 3.38. The summed E-state index contributed by atoms with van der Waals surface area (Å²) in [6.07, 6.45) is 8.59. The van der Waals surface area contributed by atoms with Crippen LogP contribution in [0.25, 0.3) is 0 Å². The third-order valence-electron chi connectivity index (χ3n) is 7.56. The monoisotopic (exact) mass is 402 g/mol. The molecule has 1 aromatic rings. The van der Waals surface area contributed by atoms with Gasteiger partial charge >= 0.3 is 0 Å². The van der Waals surface area contributed by atoms with Crippen molar-refractivity contribution < 1.29 is 13.2 Å². The third kappa shape index (κ3) is 3.09. The fourth-order valence-corrected chi connectivity index (χ4v) is 8.40. The zero-order chi connectivity index (χ0) is 19.5. The quantitative estimate of drug-likeness (QED) is 0.841. The van der Waals surface area contributed by atoms with Crippen LogP contribution in [0.1, 0.15) is 56.9 Å². The SMILES string of the molecule is Cc1ccc(S(=O)(=O)N2CCC[C@@H]2C(=O)NC23CC4CC(CC(C4)C2)C3)cc1. The fraction of sp³-hybridized carbons (Fsp3) is 0.682. The van der Waals surface area contributed by atoms with Crippen LogP contribution in [0.4, 0.5) is 0 Å². The normalized spacial score (nSPS) is 37.3. The zero-order valence-electron chi connectivity index (χ0n) is 16.6. The van der Waals surface area contributed by atoms with Crippen LogP contribution in [0, 0.1) is 24.7 Å². The first-order valence-electron chi connectivity index (χ1n) is 10.8. The molecule has 5 nitrogen and oxygen atoms in total. The highest BCUT2D eigenvalue weighted by Gasteiger charge is 2.52. The molecule has 1 heterocycles. The summed E-state index contributed by atoms with van der Waals surface area (Å²) in [6, 6.07) is 6.36. The number of benzene rings is 1. The molecule has 0 aromatic heterocycles. The highest BCUT2D eigenvalue weighted by atomic mass is 32.2. The van der Waals surface area contributed by atoms with Crippen LogP contribution >= 0.6 is 0 Å². The molecule has 4 aliphatic carbocycles. The number of carbonyl (C=O) groups excluding carboxylic acids is 1. The summed E-state index contributed by atoms with van der Waals surface area (Å²) in [7, 11) is -3.64. The highest BCUT2D eigenvalue weighted by Crippen LogP contribution is 2.55. The van der Waals surface area contributed by atoms with Crippen molar-refractivity contribution in [2.75, 3.05) is 6.54 Å². The number of nitrogens with one attached hydrogen (secondary N) is 1. The number of sulfonamides is 1. The molecule has 0 unspecified atom stereocenters. The van der Waals surface area contributed by atoms with Gasteiger partial charge in [-0.2, -0.15) is 4.31 Å². The molecule has 5 fully saturated rings. The summed E-state index contributed by atoms with van der Waals surface area (Å²) in [5.74, 6) is 2.18. The second-order valence-electron chi connectivity index (χ2n) is 9.77. The van der Waals surface area contributed by atoms with Crippen molar-refractivity contribution in [3.8, 4) is 0 Å². The number of carbonyl (C=O) groups is 1. The topological polar surface area (TPSA) is 66.5 Å². The lowest BCUT2D eigenvalue weighted by Crippen LogP contribution is -2.62. The maximum atomic E-state index is 13.3. The molecule has 152 valence electrons. The van der Waals surface area contributed by atoms with Gasteiger partial charge in [0, 0.05) is 12.1 Å². The Morgan fingerprint density at radius 3 is 2.18 bits per heavy atom. The predicted molar refractivity (Wildman–Crippen MR) is 107 cm³/mol. The largest absolute Gasteiger partial charge is 0.349 e. The van der Waals surface area contributed by atoms with Gasteiger partial charge in [-0.3, -0.25) is 4.79 Å². The maximum absolute atomic E-state index is 13.3. The van der Waals surface area contributed by atoms with Crippen molar-refractivity contribution in [2.45, 2.75) is 74.8 Å². The average molecular weight is 403 g/mol. The Kier molecular flexibility index (Phi) is 4.36. The van der Waals surface area contributed by atoms with Crippen molar-refractivity contribution in [2.24, 2.45) is 17.8 Å². The smallest absolute Gasteiger partial charge is 0.243 e. The van der Waals surface area contributed by atoms with Crippen LogP contribution in [-0.2, 0) is 14.8 Å². The van der Waals surface area contributed by atoms with Gasteiger partial charge < -0.3 is 5.32 Å². The minimum atomic E-state index is -3.64. The Morgan fingerprint density at radius 2 is 1.61 bits per heavy atom. The summed E-state index contributed by atoms with van der Waals surface area (Å²) in [5.41, 5.74) is 0.949. The first-order valence-corrected chi connectivity index (χ1v) is 12.2. The van der Waals surface area contributed by atoms with Gasteiger partial charge in [-0.1, -0.05) is 17.7 Å². The Hall–Kier alpha value is -1.40. The standard InChI is InChI=1S/C22H30N2O3S/c1-15-4-6-19(7-5-15)28(26,27)24-8-2-3-20(24)21(25)23-22-12-16-9-17(13-22)11-18(10-16)14-22/h4-7,16-18,20H,2-3,8-14H2,1H3,(H,23,25)/t16?,17?,18?,20-,22?/m1/s1. The average Bonchev–Trinajstić information content (AvgIpc) is 3.11. The van der Waals surface area contributed by atoms with Crippen molar-refractivity contribution in [3.05, 3.63) is 29.8 Å². The van der Waals surface area contributed by atoms with Crippen LogP contribution in [0.3, 0.4) is 0 Å². The lowest BCUT2D eigenvalue weighted by atomic mass is 9.53. The molecule has 5 aliphatic rings. The second-order valence-corrected chi connectivity index (χ2v) is 11.7. The van der Waals surface area contributed by atoms with Gasteiger partial charge in [-0.25, -0.2) is 8.42 Å². The van der Waals surface area contributed by atoms with Crippen molar-refractivity contribution in [1.29, 1.82) is 0 Å². The Labute approximate surface area is 167 Å². The molecule has 6 rings (SSSR count). The van der Waals surface area contributed by atoms with Crippen LogP contribution in [-0.4, -0.2) is 36.8 Å². The summed E-state index contributed by atoms with van der Waals surface area (Å²) in [4.78, 5) is 13.5. The van der Waals surface area contributed by atoms with E-state index in [1.165, 1.54) is 23.6 Å². The molecule has 1 saturated heterocycles. The maximum Gasteiger partial charge on any atom is 0.243 e. The van der Waals surface area contributed by atoms with Crippen LogP contribution < -0.4 is 5.32 Å². The van der Waals surface area contributed by atoms with Gasteiger partial charge in [-0.05, 0) is 88.2 Å². The van der Waals surface area contributed by atoms with E-state index < -0.39 is 16.1 Å². The van der Waals surface area contributed by atoms with E-state index in [-0.39, 0.29) is 16.3 Å². The minimum absolute atomic E-state index is 0.0739. The van der Waals surface area contributed by atoms with Crippen molar-refractivity contribution in [3.63, 3.8) is 0 Å². The molecule has 0 spiro atoms. The van der Waals surface area contributed by atoms with Gasteiger partial charge in [0.15, 0.2) is 0 Å². The van der Waals surface area contributed by atoms with Crippen LogP contribution in [0.15, 0.2) is 29.2 Å². The molecule has 1 N–H and O–H groups in total. The van der Waals surface area contributed by atoms with E-state index >= 15 is 0 Å². The molecule has 28 heavy (non-hydrogen) atoms. The van der Waals surface area contributed by atoms with Gasteiger partial charge in [0.2, 0.25) is 15.9 Å². The first kappa shape index (κ1) is 18.6. The Balaban J connectivity index is 1.35. The van der Waals surface area contributed by atoms with E-state index in [0.29, 0.717) is 13.0 Å². The van der Waals surface area contributed by atoms with Crippen molar-refractivity contribution >= 4 is 15.9 Å². The Morgan fingerprint density at radius 1 is 1.04 bits per heavy atom. The molecule has 1 amide bonds. The van der Waals surface area contributed by atoms with Crippen molar-refractivity contribution in [1.82, 2.24) is 9.62 Å². The summed E-state index contributed by atoms with van der Waals surface area (Å²) < 4.78 is 27.8. The van der Waals surface area contributed by atoms with Crippen LogP contribution in [0.2, 0.25) is 0 Å². The number of nitrogens with zero attached hydrogens (tertiary/aromatic N) is 1. The molecule has 0 radical (unpaired) electrons. The van der Waals surface area contributed by atoms with E-state index in [1.807, 2.05) is 19.1 Å². The van der Waals surface area contributed by atoms with E-state index in [1.54, 1.807) is 12.1 Å². The van der Waals surface area contributed by atoms with Gasteiger partial charge in [0.05, 0.1) is 4.90 Å². The van der Waals surface area contributed by atoms with E-state index in [4.69, 9.17) is 0 Å². The number of hydrogen-bond acceptors (Lipinski definition) is 3. The molecule has 1 atom stereocenters. The number of hydrogen-bond donors (Lipinski definition) is 1. The minimum Gasteiger partial charge on any atom is -0.349 e. The molecular formula is C22H30N2O3S. The molecular weight excluding hydrogens is 372 g/mol. The predicted octanol–water partition coefficient (Wildman–Crippen LogP) is 3.23. The second kappa shape index (κ2) is 6.56. The lowest BCUT2D eigenvalue weighted by molar-refractivity contribution is -0.130. The van der Waals surface area contributed by atoms with Gasteiger partial charge in [0.25, 0.3) is 0 Å². The summed E-state index contributed by atoms with van der Waals surface area (Å²) >= 11 is 0. The van der Waals surface area contributed by atoms with E-state index in [2.05, 4.69) is 5.32 Å².